The lowest BCUT2D eigenvalue weighted by Gasteiger charge is -2.09. The zero-order valence-electron chi connectivity index (χ0n) is 10.1. The highest BCUT2D eigenvalue weighted by molar-refractivity contribution is 5.93. The van der Waals surface area contributed by atoms with Crippen LogP contribution < -0.4 is 0 Å². The van der Waals surface area contributed by atoms with Gasteiger partial charge >= 0.3 is 0 Å². The van der Waals surface area contributed by atoms with E-state index in [1.807, 2.05) is 0 Å². The summed E-state index contributed by atoms with van der Waals surface area (Å²) in [5.74, 6) is -0.635. The molecule has 4 nitrogen and oxygen atoms in total. The Morgan fingerprint density at radius 2 is 1.89 bits per heavy atom. The lowest BCUT2D eigenvalue weighted by molar-refractivity contribution is 0.0827. The number of aromatic nitrogens is 2. The van der Waals surface area contributed by atoms with E-state index < -0.39 is 5.95 Å². The van der Waals surface area contributed by atoms with Crippen molar-refractivity contribution in [2.75, 3.05) is 14.1 Å². The fourth-order valence-electron chi connectivity index (χ4n) is 1.48. The van der Waals surface area contributed by atoms with Crippen LogP contribution in [0.15, 0.2) is 36.7 Å². The molecule has 0 saturated carbocycles. The highest BCUT2D eigenvalue weighted by Gasteiger charge is 2.08. The van der Waals surface area contributed by atoms with Crippen LogP contribution in [0.1, 0.15) is 10.4 Å². The Hall–Kier alpha value is -2.30. The first-order valence-corrected chi connectivity index (χ1v) is 5.37. The minimum Gasteiger partial charge on any atom is -0.345 e. The number of hydrogen-bond acceptors (Lipinski definition) is 3. The summed E-state index contributed by atoms with van der Waals surface area (Å²) in [6.07, 6.45) is 2.91. The molecule has 2 aromatic rings. The summed E-state index contributed by atoms with van der Waals surface area (Å²) in [4.78, 5) is 20.9. The van der Waals surface area contributed by atoms with Crippen molar-refractivity contribution in [3.8, 4) is 11.3 Å². The average Bonchev–Trinajstić information content (AvgIpc) is 2.39. The van der Waals surface area contributed by atoms with Gasteiger partial charge in [0.15, 0.2) is 0 Å². The molecule has 0 bridgehead atoms. The maximum Gasteiger partial charge on any atom is 0.254 e. The number of halogens is 1. The Morgan fingerprint density at radius 1 is 1.11 bits per heavy atom. The van der Waals surface area contributed by atoms with Crippen LogP contribution in [-0.4, -0.2) is 34.9 Å². The average molecular weight is 245 g/mol. The van der Waals surface area contributed by atoms with Crippen molar-refractivity contribution in [2.45, 2.75) is 0 Å². The molecule has 0 fully saturated rings. The highest BCUT2D eigenvalue weighted by Crippen LogP contribution is 2.16. The lowest BCUT2D eigenvalue weighted by Crippen LogP contribution is -2.21. The van der Waals surface area contributed by atoms with Crippen LogP contribution in [0.5, 0.6) is 0 Å². The first-order valence-electron chi connectivity index (χ1n) is 5.37. The zero-order chi connectivity index (χ0) is 13.1. The molecule has 0 aliphatic carbocycles. The molecule has 18 heavy (non-hydrogen) atoms. The largest absolute Gasteiger partial charge is 0.345 e. The van der Waals surface area contributed by atoms with Crippen molar-refractivity contribution in [1.29, 1.82) is 0 Å². The van der Waals surface area contributed by atoms with Gasteiger partial charge in [0.05, 0.1) is 11.3 Å². The topological polar surface area (TPSA) is 46.1 Å². The van der Waals surface area contributed by atoms with Crippen LogP contribution >= 0.6 is 0 Å². The van der Waals surface area contributed by atoms with E-state index in [4.69, 9.17) is 0 Å². The predicted molar refractivity (Wildman–Crippen MR) is 65.4 cm³/mol. The molecule has 2 rings (SSSR count). The molecule has 92 valence electrons. The smallest absolute Gasteiger partial charge is 0.254 e. The molecule has 0 unspecified atom stereocenters. The Balaban J connectivity index is 2.27. The molecular weight excluding hydrogens is 233 g/mol. The first kappa shape index (κ1) is 12.2. The van der Waals surface area contributed by atoms with E-state index in [1.54, 1.807) is 32.3 Å². The maximum atomic E-state index is 12.7. The lowest BCUT2D eigenvalue weighted by atomic mass is 10.1. The second-order valence-corrected chi connectivity index (χ2v) is 4.00. The van der Waals surface area contributed by atoms with E-state index in [2.05, 4.69) is 9.97 Å². The third-order valence-corrected chi connectivity index (χ3v) is 2.44. The van der Waals surface area contributed by atoms with Crippen LogP contribution in [0.25, 0.3) is 11.3 Å². The molecule has 0 aliphatic rings. The van der Waals surface area contributed by atoms with E-state index in [0.29, 0.717) is 16.8 Å². The molecular formula is C13H12FN3O. The Bertz CT molecular complexity index is 549. The number of amides is 1. The summed E-state index contributed by atoms with van der Waals surface area (Å²) in [6, 6.07) is 6.27. The van der Waals surface area contributed by atoms with Crippen molar-refractivity contribution in [3.63, 3.8) is 0 Å². The first-order chi connectivity index (χ1) is 8.58. The fraction of sp³-hybridized carbons (Fsp3) is 0.154. The van der Waals surface area contributed by atoms with Gasteiger partial charge in [-0.25, -0.2) is 4.98 Å². The number of nitrogens with zero attached hydrogens (tertiary/aromatic N) is 3. The SMILES string of the molecule is CN(C)C(=O)c1ccc(-c2ccc(F)nc2)nc1. The second-order valence-electron chi connectivity index (χ2n) is 4.00. The van der Waals surface area contributed by atoms with Crippen LogP contribution in [-0.2, 0) is 0 Å². The van der Waals surface area contributed by atoms with Crippen LogP contribution in [0, 0.1) is 5.95 Å². The van der Waals surface area contributed by atoms with Gasteiger partial charge in [0, 0.05) is 32.1 Å². The molecule has 0 atom stereocenters. The van der Waals surface area contributed by atoms with E-state index in [-0.39, 0.29) is 5.91 Å². The van der Waals surface area contributed by atoms with Crippen LogP contribution in [0.3, 0.4) is 0 Å². The van der Waals surface area contributed by atoms with Crippen molar-refractivity contribution in [3.05, 3.63) is 48.2 Å². The standard InChI is InChI=1S/C13H12FN3O/c1-17(2)13(18)10-3-5-11(15-8-10)9-4-6-12(14)16-7-9/h3-8H,1-2H3. The van der Waals surface area contributed by atoms with E-state index in [0.717, 1.165) is 0 Å². The van der Waals surface area contributed by atoms with E-state index >= 15 is 0 Å². The minimum absolute atomic E-state index is 0.105. The van der Waals surface area contributed by atoms with Gasteiger partial charge in [0.1, 0.15) is 0 Å². The summed E-state index contributed by atoms with van der Waals surface area (Å²) >= 11 is 0. The Morgan fingerprint density at radius 3 is 2.39 bits per heavy atom. The molecule has 1 amide bonds. The number of pyridine rings is 2. The summed E-state index contributed by atoms with van der Waals surface area (Å²) in [5, 5.41) is 0. The Kier molecular flexibility index (Phi) is 3.32. The summed E-state index contributed by atoms with van der Waals surface area (Å²) < 4.78 is 12.7. The molecule has 2 heterocycles. The van der Waals surface area contributed by atoms with E-state index in [9.17, 15) is 9.18 Å². The molecule has 0 aliphatic heterocycles. The maximum absolute atomic E-state index is 12.7. The van der Waals surface area contributed by atoms with Gasteiger partial charge in [0.25, 0.3) is 5.91 Å². The van der Waals surface area contributed by atoms with E-state index in [1.165, 1.54) is 23.4 Å². The van der Waals surface area contributed by atoms with Gasteiger partial charge in [0.2, 0.25) is 5.95 Å². The van der Waals surface area contributed by atoms with Gasteiger partial charge in [-0.15, -0.1) is 0 Å². The third-order valence-electron chi connectivity index (χ3n) is 2.44. The molecule has 0 aromatic carbocycles. The molecule has 0 saturated heterocycles. The second kappa shape index (κ2) is 4.91. The zero-order valence-corrected chi connectivity index (χ0v) is 10.1. The van der Waals surface area contributed by atoms with Gasteiger partial charge in [-0.1, -0.05) is 0 Å². The van der Waals surface area contributed by atoms with Gasteiger partial charge in [-0.3, -0.25) is 9.78 Å². The van der Waals surface area contributed by atoms with Gasteiger partial charge in [-0.05, 0) is 24.3 Å². The summed E-state index contributed by atoms with van der Waals surface area (Å²) in [7, 11) is 3.36. The number of rotatable bonds is 2. The van der Waals surface area contributed by atoms with Crippen LogP contribution in [0.4, 0.5) is 4.39 Å². The number of hydrogen-bond donors (Lipinski definition) is 0. The monoisotopic (exact) mass is 245 g/mol. The Labute approximate surface area is 104 Å². The predicted octanol–water partition coefficient (Wildman–Crippen LogP) is 1.98. The molecule has 5 heteroatoms. The summed E-state index contributed by atoms with van der Waals surface area (Å²) in [5.41, 5.74) is 1.87. The minimum atomic E-state index is -0.529. The highest BCUT2D eigenvalue weighted by atomic mass is 19.1. The van der Waals surface area contributed by atoms with Crippen molar-refractivity contribution in [1.82, 2.24) is 14.9 Å². The third kappa shape index (κ3) is 2.51. The molecule has 0 radical (unpaired) electrons. The normalized spacial score (nSPS) is 10.2. The van der Waals surface area contributed by atoms with Gasteiger partial charge in [-0.2, -0.15) is 4.39 Å². The molecule has 0 N–H and O–H groups in total. The van der Waals surface area contributed by atoms with Crippen molar-refractivity contribution >= 4 is 5.91 Å². The number of carbonyl (C=O) groups is 1. The number of carbonyl (C=O) groups excluding carboxylic acids is 1. The fourth-order valence-corrected chi connectivity index (χ4v) is 1.48. The van der Waals surface area contributed by atoms with Gasteiger partial charge < -0.3 is 4.90 Å². The van der Waals surface area contributed by atoms with Crippen LogP contribution in [0.2, 0.25) is 0 Å². The quantitative estimate of drug-likeness (QED) is 0.760. The van der Waals surface area contributed by atoms with Crippen molar-refractivity contribution in [2.24, 2.45) is 0 Å². The molecule has 0 spiro atoms. The van der Waals surface area contributed by atoms with Crippen molar-refractivity contribution < 1.29 is 9.18 Å². The summed E-state index contributed by atoms with van der Waals surface area (Å²) in [6.45, 7) is 0. The molecule has 2 aromatic heterocycles.